The molecule has 7 rings (SSSR count). The molecule has 0 radical (unpaired) electrons. The van der Waals surface area contributed by atoms with Gasteiger partial charge in [-0.15, -0.1) is 0 Å². The van der Waals surface area contributed by atoms with Crippen molar-refractivity contribution in [3.63, 3.8) is 0 Å². The van der Waals surface area contributed by atoms with Crippen molar-refractivity contribution in [1.29, 1.82) is 0 Å². The molecular weight excluding hydrogens is 558 g/mol. The first-order chi connectivity index (χ1) is 21.5. The van der Waals surface area contributed by atoms with Crippen LogP contribution in [0.25, 0.3) is 0 Å². The average Bonchev–Trinajstić information content (AvgIpc) is 3.53. The van der Waals surface area contributed by atoms with E-state index in [4.69, 9.17) is 15.2 Å². The molecule has 0 bridgehead atoms. The molecule has 4 aliphatic carbocycles. The maximum atomic E-state index is 14.7. The molecule has 3 aliphatic heterocycles. The third-order valence-electron chi connectivity index (χ3n) is 13.4. The van der Waals surface area contributed by atoms with Crippen molar-refractivity contribution in [3.05, 3.63) is 0 Å². The van der Waals surface area contributed by atoms with Crippen molar-refractivity contribution in [3.8, 4) is 0 Å². The second-order valence-electron chi connectivity index (χ2n) is 15.4. The van der Waals surface area contributed by atoms with Gasteiger partial charge in [-0.1, -0.05) is 51.4 Å². The Bertz CT molecular complexity index is 1070. The van der Waals surface area contributed by atoms with E-state index in [1.807, 2.05) is 0 Å². The number of nitrogens with one attached hydrogen (secondary N) is 1. The van der Waals surface area contributed by atoms with Crippen LogP contribution in [-0.4, -0.2) is 77.4 Å². The van der Waals surface area contributed by atoms with Gasteiger partial charge in [0.05, 0.1) is 36.7 Å². The largest absolute Gasteiger partial charge is 0.459 e. The molecular formula is C35H55N3O6. The van der Waals surface area contributed by atoms with E-state index in [1.165, 1.54) is 38.5 Å². The zero-order valence-electron chi connectivity index (χ0n) is 26.5. The van der Waals surface area contributed by atoms with Gasteiger partial charge in [0.2, 0.25) is 11.8 Å². The van der Waals surface area contributed by atoms with Gasteiger partial charge in [-0.3, -0.25) is 19.3 Å². The van der Waals surface area contributed by atoms with E-state index in [1.54, 1.807) is 0 Å². The van der Waals surface area contributed by atoms with E-state index in [9.17, 15) is 19.5 Å². The van der Waals surface area contributed by atoms with Crippen LogP contribution in [0.4, 0.5) is 0 Å². The summed E-state index contributed by atoms with van der Waals surface area (Å²) in [6.45, 7) is 0.351. The molecule has 9 nitrogen and oxygen atoms in total. The highest BCUT2D eigenvalue weighted by Gasteiger charge is 2.77. The molecule has 4 saturated carbocycles. The molecule has 7 aliphatic rings. The molecule has 0 aromatic rings. The second kappa shape index (κ2) is 12.8. The first kappa shape index (κ1) is 30.9. The Morgan fingerprint density at radius 2 is 1.50 bits per heavy atom. The summed E-state index contributed by atoms with van der Waals surface area (Å²) in [6.07, 6.45) is 18.8. The Morgan fingerprint density at radius 1 is 0.864 bits per heavy atom. The Kier molecular flexibility index (Phi) is 9.01. The van der Waals surface area contributed by atoms with Gasteiger partial charge in [-0.25, -0.2) is 0 Å². The van der Waals surface area contributed by atoms with Crippen LogP contribution in [0.1, 0.15) is 116 Å². The molecule has 0 aromatic heterocycles. The van der Waals surface area contributed by atoms with Crippen LogP contribution in [0.5, 0.6) is 0 Å². The fourth-order valence-corrected chi connectivity index (χ4v) is 11.8. The number of hydrogen-bond acceptors (Lipinski definition) is 7. The van der Waals surface area contributed by atoms with Crippen molar-refractivity contribution in [2.75, 3.05) is 13.2 Å². The second-order valence-corrected chi connectivity index (χ2v) is 15.4. The molecule has 4 N–H and O–H groups in total. The predicted octanol–water partition coefficient (Wildman–Crippen LogP) is 3.84. The van der Waals surface area contributed by atoms with Crippen LogP contribution in [0.3, 0.4) is 0 Å². The lowest BCUT2D eigenvalue weighted by molar-refractivity contribution is -0.190. The van der Waals surface area contributed by atoms with Crippen molar-refractivity contribution < 1.29 is 29.0 Å². The van der Waals surface area contributed by atoms with Crippen LogP contribution >= 0.6 is 0 Å². The van der Waals surface area contributed by atoms with Gasteiger partial charge < -0.3 is 25.6 Å². The highest BCUT2D eigenvalue weighted by molar-refractivity contribution is 5.98. The normalized spacial score (nSPS) is 43.8. The Morgan fingerprint density at radius 3 is 2.16 bits per heavy atom. The van der Waals surface area contributed by atoms with E-state index in [2.05, 4.69) is 10.2 Å². The minimum Gasteiger partial charge on any atom is -0.459 e. The number of fused-ring (bicyclic) bond motifs is 3. The summed E-state index contributed by atoms with van der Waals surface area (Å²) in [6, 6.07) is -0.961. The van der Waals surface area contributed by atoms with E-state index in [-0.39, 0.29) is 60.7 Å². The number of esters is 1. The molecule has 9 heteroatoms. The van der Waals surface area contributed by atoms with Crippen molar-refractivity contribution >= 4 is 17.8 Å². The lowest BCUT2D eigenvalue weighted by Gasteiger charge is -2.54. The molecule has 3 heterocycles. The van der Waals surface area contributed by atoms with Gasteiger partial charge in [-0.05, 0) is 87.9 Å². The number of aliphatic hydroxyl groups is 1. The Hall–Kier alpha value is -1.71. The number of amides is 2. The van der Waals surface area contributed by atoms with Gasteiger partial charge in [0.15, 0.2) is 0 Å². The van der Waals surface area contributed by atoms with Gasteiger partial charge in [0.1, 0.15) is 12.1 Å². The number of nitrogens with two attached hydrogens (primary N) is 1. The standard InChI is InChI=1S/C35H55N3O6/c36-32(40)27-29-33(41)44-30(22-11-5-2-6-12-22)28(21-9-3-1-4-10-21)38(29)31(23-15-17-24(18-16-23)43-20-19-39)35(27)25-13-7-8-14-26(25)37-34(35)42/h21-31,39H,1-20H2,(H2,36,40)(H,37,42)/t23?,24?,25?,26?,27-,28-,29-,30+,31+,35-/m0/s1. The summed E-state index contributed by atoms with van der Waals surface area (Å²) in [5.41, 5.74) is 5.36. The van der Waals surface area contributed by atoms with Crippen LogP contribution < -0.4 is 11.1 Å². The predicted molar refractivity (Wildman–Crippen MR) is 164 cm³/mol. The lowest BCUT2D eigenvalue weighted by atomic mass is 9.57. The fourth-order valence-electron chi connectivity index (χ4n) is 11.8. The van der Waals surface area contributed by atoms with Gasteiger partial charge in [0.25, 0.3) is 0 Å². The molecule has 2 unspecified atom stereocenters. The molecule has 44 heavy (non-hydrogen) atoms. The van der Waals surface area contributed by atoms with E-state index in [0.29, 0.717) is 18.4 Å². The summed E-state index contributed by atoms with van der Waals surface area (Å²) in [5, 5.41) is 12.8. The van der Waals surface area contributed by atoms with Crippen LogP contribution in [-0.2, 0) is 23.9 Å². The first-order valence-corrected chi connectivity index (χ1v) is 18.3. The zero-order valence-corrected chi connectivity index (χ0v) is 26.5. The highest BCUT2D eigenvalue weighted by Crippen LogP contribution is 2.63. The fraction of sp³-hybridized carbons (Fsp3) is 0.914. The summed E-state index contributed by atoms with van der Waals surface area (Å²) in [4.78, 5) is 45.4. The van der Waals surface area contributed by atoms with Crippen LogP contribution in [0.2, 0.25) is 0 Å². The first-order valence-electron chi connectivity index (χ1n) is 18.3. The number of nitrogens with zero attached hydrogens (tertiary/aromatic N) is 1. The number of rotatable bonds is 7. The molecule has 3 saturated heterocycles. The minimum atomic E-state index is -1.02. The number of carbonyl (C=O) groups excluding carboxylic acids is 3. The third-order valence-corrected chi connectivity index (χ3v) is 13.4. The van der Waals surface area contributed by atoms with Gasteiger partial charge >= 0.3 is 5.97 Å². The zero-order chi connectivity index (χ0) is 30.4. The van der Waals surface area contributed by atoms with Crippen molar-refractivity contribution in [1.82, 2.24) is 10.2 Å². The average molecular weight is 614 g/mol. The van der Waals surface area contributed by atoms with Crippen LogP contribution in [0.15, 0.2) is 0 Å². The maximum absolute atomic E-state index is 14.7. The van der Waals surface area contributed by atoms with Crippen molar-refractivity contribution in [2.45, 2.75) is 152 Å². The number of primary amides is 1. The lowest BCUT2D eigenvalue weighted by Crippen LogP contribution is -2.66. The number of aliphatic hydroxyl groups excluding tert-OH is 1. The van der Waals surface area contributed by atoms with E-state index in [0.717, 1.165) is 77.0 Å². The number of hydrogen-bond donors (Lipinski definition) is 3. The highest BCUT2D eigenvalue weighted by atomic mass is 16.6. The molecule has 0 aromatic carbocycles. The third kappa shape index (κ3) is 5.02. The topological polar surface area (TPSA) is 131 Å². The SMILES string of the molecule is NC(=O)[C@@H]1[C@H]2C(=O)O[C@H](C3CCCCC3)[C@H](C3CCCCC3)N2[C@H](C2CCC(OCCO)CC2)[C@@]12C(=O)NC1CCCCC12. The Labute approximate surface area is 262 Å². The van der Waals surface area contributed by atoms with Gasteiger partial charge in [-0.2, -0.15) is 0 Å². The number of carbonyl (C=O) groups is 3. The van der Waals surface area contributed by atoms with Crippen molar-refractivity contribution in [2.24, 2.45) is 40.7 Å². The number of cyclic esters (lactones) is 1. The van der Waals surface area contributed by atoms with Crippen LogP contribution in [0, 0.1) is 35.0 Å². The monoisotopic (exact) mass is 613 g/mol. The minimum absolute atomic E-state index is 0.00634. The quantitative estimate of drug-likeness (QED) is 0.372. The summed E-state index contributed by atoms with van der Waals surface area (Å²) in [7, 11) is 0. The molecule has 1 spiro atoms. The Balaban J connectivity index is 1.36. The van der Waals surface area contributed by atoms with Gasteiger partial charge in [0, 0.05) is 12.1 Å². The maximum Gasteiger partial charge on any atom is 0.324 e. The summed E-state index contributed by atoms with van der Waals surface area (Å²) >= 11 is 0. The molecule has 7 fully saturated rings. The smallest absolute Gasteiger partial charge is 0.324 e. The molecule has 8 atom stereocenters. The summed E-state index contributed by atoms with van der Waals surface area (Å²) in [5.74, 6) is -0.889. The van der Waals surface area contributed by atoms with E-state index >= 15 is 0 Å². The summed E-state index contributed by atoms with van der Waals surface area (Å²) < 4.78 is 12.6. The molecule has 2 amide bonds. The molecule has 246 valence electrons. The number of ether oxygens (including phenoxy) is 2. The number of morpholine rings is 1. The van der Waals surface area contributed by atoms with E-state index < -0.39 is 23.3 Å².